The van der Waals surface area contributed by atoms with Gasteiger partial charge in [-0.1, -0.05) is 35.0 Å². The van der Waals surface area contributed by atoms with E-state index in [2.05, 4.69) is 9.55 Å². The van der Waals surface area contributed by atoms with Gasteiger partial charge in [-0.3, -0.25) is 0 Å². The van der Waals surface area contributed by atoms with Crippen LogP contribution < -0.4 is 0 Å². The van der Waals surface area contributed by atoms with E-state index in [1.54, 1.807) is 0 Å². The van der Waals surface area contributed by atoms with Crippen LogP contribution in [-0.2, 0) is 11.0 Å². The first-order valence-corrected chi connectivity index (χ1v) is 7.22. The Morgan fingerprint density at radius 3 is 2.70 bits per heavy atom. The van der Waals surface area contributed by atoms with E-state index in [0.29, 0.717) is 16.2 Å². The van der Waals surface area contributed by atoms with Gasteiger partial charge in [-0.2, -0.15) is 4.40 Å². The maximum Gasteiger partial charge on any atom is 0.172 e. The highest BCUT2D eigenvalue weighted by atomic mass is 32.2. The summed E-state index contributed by atoms with van der Waals surface area (Å²) in [5, 5.41) is 4.77. The lowest BCUT2D eigenvalue weighted by molar-refractivity contribution is 0.455. The molecular formula is C15H12N2O2S. The van der Waals surface area contributed by atoms with Crippen LogP contribution in [0.1, 0.15) is 11.3 Å². The molecular weight excluding hydrogens is 272 g/mol. The van der Waals surface area contributed by atoms with Crippen LogP contribution in [0.15, 0.2) is 62.3 Å². The van der Waals surface area contributed by atoms with E-state index in [4.69, 9.17) is 4.52 Å². The van der Waals surface area contributed by atoms with Crippen molar-refractivity contribution in [2.45, 2.75) is 11.8 Å². The Labute approximate surface area is 118 Å². The van der Waals surface area contributed by atoms with Crippen LogP contribution in [-0.4, -0.2) is 15.6 Å². The van der Waals surface area contributed by atoms with Gasteiger partial charge in [0.2, 0.25) is 0 Å². The lowest BCUT2D eigenvalue weighted by Crippen LogP contribution is -1.89. The van der Waals surface area contributed by atoms with Crippen molar-refractivity contribution in [2.75, 3.05) is 0 Å². The molecule has 0 radical (unpaired) electrons. The van der Waals surface area contributed by atoms with Crippen LogP contribution in [0, 0.1) is 6.92 Å². The minimum atomic E-state index is -1.43. The van der Waals surface area contributed by atoms with Crippen molar-refractivity contribution in [1.82, 2.24) is 5.16 Å². The molecule has 0 aliphatic heterocycles. The summed E-state index contributed by atoms with van der Waals surface area (Å²) in [6, 6.07) is 14.9. The molecule has 100 valence electrons. The number of aryl methyl sites for hydroxylation is 1. The highest BCUT2D eigenvalue weighted by Gasteiger charge is 2.06. The van der Waals surface area contributed by atoms with Crippen LogP contribution in [0.2, 0.25) is 0 Å². The first-order valence-electron chi connectivity index (χ1n) is 6.11. The predicted octanol–water partition coefficient (Wildman–Crippen LogP) is 3.28. The van der Waals surface area contributed by atoms with E-state index in [9.17, 15) is 4.21 Å². The molecule has 0 saturated heterocycles. The molecule has 4 nitrogen and oxygen atoms in total. The van der Waals surface area contributed by atoms with E-state index in [1.807, 2.05) is 55.5 Å². The number of fused-ring (bicyclic) bond motifs is 1. The minimum absolute atomic E-state index is 0.584. The fraction of sp³-hybridized carbons (Fsp3) is 0.0667. The molecule has 1 aromatic heterocycles. The van der Waals surface area contributed by atoms with Gasteiger partial charge in [-0.25, -0.2) is 4.21 Å². The minimum Gasteiger partial charge on any atom is -0.356 e. The molecule has 1 unspecified atom stereocenters. The molecule has 0 amide bonds. The molecule has 1 heterocycles. The predicted molar refractivity (Wildman–Crippen MR) is 79.2 cm³/mol. The van der Waals surface area contributed by atoms with Gasteiger partial charge in [0.1, 0.15) is 5.69 Å². The number of rotatable bonds is 3. The zero-order valence-corrected chi connectivity index (χ0v) is 11.6. The van der Waals surface area contributed by atoms with Gasteiger partial charge in [-0.15, -0.1) is 0 Å². The average Bonchev–Trinajstić information content (AvgIpc) is 2.89. The quantitative estimate of drug-likeness (QED) is 0.693. The molecule has 0 bridgehead atoms. The number of nitrogens with zero attached hydrogens (tertiary/aromatic N) is 2. The molecule has 1 atom stereocenters. The van der Waals surface area contributed by atoms with Crippen molar-refractivity contribution in [3.05, 3.63) is 59.8 Å². The van der Waals surface area contributed by atoms with Gasteiger partial charge >= 0.3 is 0 Å². The molecule has 0 aliphatic rings. The van der Waals surface area contributed by atoms with Crippen molar-refractivity contribution >= 4 is 28.2 Å². The number of hydrogen-bond acceptors (Lipinski definition) is 3. The monoisotopic (exact) mass is 284 g/mol. The van der Waals surface area contributed by atoms with Crippen molar-refractivity contribution in [1.29, 1.82) is 0 Å². The zero-order chi connectivity index (χ0) is 13.9. The summed E-state index contributed by atoms with van der Waals surface area (Å²) in [6.45, 7) is 1.98. The Hall–Kier alpha value is -2.27. The highest BCUT2D eigenvalue weighted by Crippen LogP contribution is 2.16. The lowest BCUT2D eigenvalue weighted by atomic mass is 10.2. The third kappa shape index (κ3) is 2.53. The van der Waals surface area contributed by atoms with Crippen LogP contribution in [0.5, 0.6) is 0 Å². The van der Waals surface area contributed by atoms with Gasteiger partial charge in [0.15, 0.2) is 16.6 Å². The maximum atomic E-state index is 12.0. The molecule has 3 rings (SSSR count). The summed E-state index contributed by atoms with van der Waals surface area (Å²) in [4.78, 5) is 0.666. The standard InChI is InChI=1S/C15H12N2O2S/c1-11-6-8-12(9-7-11)20(18)16-10-14-13-4-2-3-5-15(13)19-17-14/h2-10H,1H3/b16-10+. The maximum absolute atomic E-state index is 12.0. The zero-order valence-electron chi connectivity index (χ0n) is 10.8. The lowest BCUT2D eigenvalue weighted by Gasteiger charge is -1.96. The van der Waals surface area contributed by atoms with E-state index in [1.165, 1.54) is 6.21 Å². The average molecular weight is 284 g/mol. The third-order valence-electron chi connectivity index (χ3n) is 2.90. The Bertz CT molecular complexity index is 791. The summed E-state index contributed by atoms with van der Waals surface area (Å²) in [5.41, 5.74) is 2.40. The van der Waals surface area contributed by atoms with Gasteiger partial charge in [0, 0.05) is 0 Å². The second-order valence-electron chi connectivity index (χ2n) is 4.36. The Morgan fingerprint density at radius 2 is 1.90 bits per heavy atom. The molecule has 2 aromatic carbocycles. The number of benzene rings is 2. The van der Waals surface area contributed by atoms with Gasteiger partial charge in [-0.05, 0) is 31.2 Å². The van der Waals surface area contributed by atoms with E-state index < -0.39 is 11.0 Å². The molecule has 0 N–H and O–H groups in total. The van der Waals surface area contributed by atoms with Crippen LogP contribution in [0.25, 0.3) is 11.0 Å². The van der Waals surface area contributed by atoms with E-state index >= 15 is 0 Å². The molecule has 0 fully saturated rings. The highest BCUT2D eigenvalue weighted by molar-refractivity contribution is 7.83. The smallest absolute Gasteiger partial charge is 0.172 e. The Kier molecular flexibility index (Phi) is 3.43. The largest absolute Gasteiger partial charge is 0.356 e. The molecule has 0 aliphatic carbocycles. The summed E-state index contributed by atoms with van der Waals surface area (Å²) in [6.07, 6.45) is 1.49. The summed E-state index contributed by atoms with van der Waals surface area (Å²) in [7, 11) is -1.43. The van der Waals surface area contributed by atoms with Crippen molar-refractivity contribution in [3.63, 3.8) is 0 Å². The number of hydrogen-bond donors (Lipinski definition) is 0. The third-order valence-corrected chi connectivity index (χ3v) is 3.87. The fourth-order valence-electron chi connectivity index (χ4n) is 1.81. The number of para-hydroxylation sites is 1. The van der Waals surface area contributed by atoms with Crippen molar-refractivity contribution < 1.29 is 8.73 Å². The number of aromatic nitrogens is 1. The van der Waals surface area contributed by atoms with Gasteiger partial charge in [0.25, 0.3) is 0 Å². The first kappa shape index (κ1) is 12.7. The summed E-state index contributed by atoms with van der Waals surface area (Å²) < 4.78 is 21.2. The van der Waals surface area contributed by atoms with Crippen molar-refractivity contribution in [3.8, 4) is 0 Å². The van der Waals surface area contributed by atoms with Gasteiger partial charge < -0.3 is 4.52 Å². The van der Waals surface area contributed by atoms with Crippen molar-refractivity contribution in [2.24, 2.45) is 4.40 Å². The normalized spacial score (nSPS) is 13.1. The van der Waals surface area contributed by atoms with Gasteiger partial charge in [0.05, 0.1) is 16.5 Å². The summed E-state index contributed by atoms with van der Waals surface area (Å²) >= 11 is 0. The molecule has 20 heavy (non-hydrogen) atoms. The molecule has 0 saturated carbocycles. The fourth-order valence-corrected chi connectivity index (χ4v) is 2.50. The Balaban J connectivity index is 1.87. The van der Waals surface area contributed by atoms with Crippen LogP contribution in [0.4, 0.5) is 0 Å². The van der Waals surface area contributed by atoms with Crippen LogP contribution >= 0.6 is 0 Å². The SMILES string of the molecule is Cc1ccc(S(=O)/N=C/c2noc3ccccc23)cc1. The molecule has 0 spiro atoms. The Morgan fingerprint density at radius 1 is 1.15 bits per heavy atom. The summed E-state index contributed by atoms with van der Waals surface area (Å²) in [5.74, 6) is 0. The van der Waals surface area contributed by atoms with E-state index in [0.717, 1.165) is 10.9 Å². The topological polar surface area (TPSA) is 55.5 Å². The second-order valence-corrected chi connectivity index (χ2v) is 5.54. The molecule has 3 aromatic rings. The van der Waals surface area contributed by atoms with Crippen LogP contribution in [0.3, 0.4) is 0 Å². The first-order chi connectivity index (χ1) is 9.74. The second kappa shape index (κ2) is 5.38. The van der Waals surface area contributed by atoms with E-state index in [-0.39, 0.29) is 0 Å². The molecule has 5 heteroatoms.